The SMILES string of the molecule is COc1ccc(-n2nc(-c3cccc(OC)c3)cc2C(=O)NCc2ccc3c(c2)OCO3)cc1. The van der Waals surface area contributed by atoms with E-state index >= 15 is 0 Å². The molecule has 0 spiro atoms. The van der Waals surface area contributed by atoms with Crippen LogP contribution >= 0.6 is 0 Å². The van der Waals surface area contributed by atoms with Crippen LogP contribution in [-0.2, 0) is 6.54 Å². The third-order valence-corrected chi connectivity index (χ3v) is 5.51. The van der Waals surface area contributed by atoms with Gasteiger partial charge < -0.3 is 24.3 Å². The van der Waals surface area contributed by atoms with Crippen LogP contribution < -0.4 is 24.3 Å². The fourth-order valence-electron chi connectivity index (χ4n) is 3.71. The second-order valence-corrected chi connectivity index (χ2v) is 7.63. The van der Waals surface area contributed by atoms with Crippen molar-refractivity contribution in [1.29, 1.82) is 0 Å². The number of benzene rings is 3. The predicted molar refractivity (Wildman–Crippen MR) is 126 cm³/mol. The van der Waals surface area contributed by atoms with E-state index in [2.05, 4.69) is 5.32 Å². The highest BCUT2D eigenvalue weighted by atomic mass is 16.7. The van der Waals surface area contributed by atoms with Gasteiger partial charge >= 0.3 is 0 Å². The summed E-state index contributed by atoms with van der Waals surface area (Å²) in [5.41, 5.74) is 3.55. The fraction of sp³-hybridized carbons (Fsp3) is 0.154. The van der Waals surface area contributed by atoms with Gasteiger partial charge in [-0.1, -0.05) is 18.2 Å². The Morgan fingerprint density at radius 3 is 2.53 bits per heavy atom. The standard InChI is InChI=1S/C26H23N3O5/c1-31-20-9-7-19(8-10-20)29-23(14-22(28-29)18-4-3-5-21(13-18)32-2)26(30)27-15-17-6-11-24-25(12-17)34-16-33-24/h3-14H,15-16H2,1-2H3,(H,27,30). The largest absolute Gasteiger partial charge is 0.497 e. The molecule has 5 rings (SSSR count). The summed E-state index contributed by atoms with van der Waals surface area (Å²) in [5, 5.41) is 7.71. The van der Waals surface area contributed by atoms with E-state index < -0.39 is 0 Å². The molecular formula is C26H23N3O5. The van der Waals surface area contributed by atoms with Crippen LogP contribution in [0.1, 0.15) is 16.1 Å². The Balaban J connectivity index is 1.45. The molecule has 1 aromatic heterocycles. The third-order valence-electron chi connectivity index (χ3n) is 5.51. The molecule has 172 valence electrons. The van der Waals surface area contributed by atoms with Crippen LogP contribution in [0.5, 0.6) is 23.0 Å². The Labute approximate surface area is 196 Å². The molecule has 1 aliphatic rings. The first-order valence-electron chi connectivity index (χ1n) is 10.7. The van der Waals surface area contributed by atoms with E-state index in [9.17, 15) is 4.79 Å². The average Bonchev–Trinajstić information content (AvgIpc) is 3.54. The summed E-state index contributed by atoms with van der Waals surface area (Å²) >= 11 is 0. The van der Waals surface area contributed by atoms with Gasteiger partial charge in [0.2, 0.25) is 6.79 Å². The van der Waals surface area contributed by atoms with E-state index in [-0.39, 0.29) is 12.7 Å². The van der Waals surface area contributed by atoms with E-state index in [4.69, 9.17) is 24.0 Å². The van der Waals surface area contributed by atoms with Crippen molar-refractivity contribution < 1.29 is 23.7 Å². The highest BCUT2D eigenvalue weighted by Crippen LogP contribution is 2.32. The van der Waals surface area contributed by atoms with Crippen LogP contribution in [0.15, 0.2) is 72.8 Å². The van der Waals surface area contributed by atoms with E-state index in [1.54, 1.807) is 25.0 Å². The molecule has 8 nitrogen and oxygen atoms in total. The highest BCUT2D eigenvalue weighted by Gasteiger charge is 2.19. The van der Waals surface area contributed by atoms with Crippen LogP contribution in [0.25, 0.3) is 16.9 Å². The lowest BCUT2D eigenvalue weighted by molar-refractivity contribution is 0.0943. The fourth-order valence-corrected chi connectivity index (χ4v) is 3.71. The van der Waals surface area contributed by atoms with Gasteiger partial charge in [-0.25, -0.2) is 4.68 Å². The Bertz CT molecular complexity index is 1330. The first kappa shape index (κ1) is 21.4. The summed E-state index contributed by atoms with van der Waals surface area (Å²) in [6, 6.07) is 22.3. The van der Waals surface area contributed by atoms with Crippen molar-refractivity contribution in [3.8, 4) is 39.9 Å². The molecule has 4 aromatic rings. The van der Waals surface area contributed by atoms with E-state index in [1.807, 2.05) is 66.7 Å². The number of hydrogen-bond acceptors (Lipinski definition) is 6. The zero-order valence-electron chi connectivity index (χ0n) is 18.8. The van der Waals surface area contributed by atoms with Crippen LogP contribution in [0, 0.1) is 0 Å². The van der Waals surface area contributed by atoms with Gasteiger partial charge in [0.25, 0.3) is 5.91 Å². The lowest BCUT2D eigenvalue weighted by Crippen LogP contribution is -2.25. The number of hydrogen-bond donors (Lipinski definition) is 1. The third kappa shape index (κ3) is 4.25. The second kappa shape index (κ2) is 9.19. The number of amides is 1. The molecule has 3 aromatic carbocycles. The van der Waals surface area contributed by atoms with E-state index in [0.29, 0.717) is 35.2 Å². The lowest BCUT2D eigenvalue weighted by atomic mass is 10.1. The smallest absolute Gasteiger partial charge is 0.270 e. The second-order valence-electron chi connectivity index (χ2n) is 7.63. The molecule has 2 heterocycles. The number of methoxy groups -OCH3 is 2. The number of carbonyl (C=O) groups is 1. The van der Waals surface area contributed by atoms with Gasteiger partial charge in [0.15, 0.2) is 11.5 Å². The van der Waals surface area contributed by atoms with Crippen molar-refractivity contribution >= 4 is 5.91 Å². The summed E-state index contributed by atoms with van der Waals surface area (Å²) in [6.45, 7) is 0.539. The molecule has 0 atom stereocenters. The molecule has 0 radical (unpaired) electrons. The number of nitrogens with zero attached hydrogens (tertiary/aromatic N) is 2. The number of carbonyl (C=O) groups excluding carboxylic acids is 1. The first-order chi connectivity index (χ1) is 16.6. The summed E-state index contributed by atoms with van der Waals surface area (Å²) < 4.78 is 23.0. The van der Waals surface area contributed by atoms with Crippen LogP contribution in [0.2, 0.25) is 0 Å². The van der Waals surface area contributed by atoms with E-state index in [0.717, 1.165) is 22.6 Å². The quantitative estimate of drug-likeness (QED) is 0.448. The molecule has 1 amide bonds. The van der Waals surface area contributed by atoms with Crippen molar-refractivity contribution in [2.24, 2.45) is 0 Å². The molecule has 1 aliphatic heterocycles. The maximum Gasteiger partial charge on any atom is 0.270 e. The molecule has 34 heavy (non-hydrogen) atoms. The van der Waals surface area contributed by atoms with Gasteiger partial charge in [0.05, 0.1) is 25.6 Å². The minimum Gasteiger partial charge on any atom is -0.497 e. The van der Waals surface area contributed by atoms with Gasteiger partial charge in [0.1, 0.15) is 17.2 Å². The van der Waals surface area contributed by atoms with Gasteiger partial charge in [-0.3, -0.25) is 4.79 Å². The minimum atomic E-state index is -0.255. The van der Waals surface area contributed by atoms with Crippen LogP contribution in [0.4, 0.5) is 0 Å². The zero-order chi connectivity index (χ0) is 23.5. The Hall–Kier alpha value is -4.46. The summed E-state index contributed by atoms with van der Waals surface area (Å²) in [5.74, 6) is 2.56. The Kier molecular flexibility index (Phi) is 5.78. The molecular weight excluding hydrogens is 434 g/mol. The molecule has 1 N–H and O–H groups in total. The highest BCUT2D eigenvalue weighted by molar-refractivity contribution is 5.94. The number of aromatic nitrogens is 2. The molecule has 0 unspecified atom stereocenters. The van der Waals surface area contributed by atoms with Gasteiger partial charge in [-0.2, -0.15) is 5.10 Å². The van der Waals surface area contributed by atoms with Crippen molar-refractivity contribution in [2.45, 2.75) is 6.54 Å². The first-order valence-corrected chi connectivity index (χ1v) is 10.7. The minimum absolute atomic E-state index is 0.208. The normalized spacial score (nSPS) is 11.8. The maximum atomic E-state index is 13.3. The average molecular weight is 457 g/mol. The number of rotatable bonds is 7. The molecule has 0 fully saturated rings. The van der Waals surface area contributed by atoms with Crippen molar-refractivity contribution in [3.63, 3.8) is 0 Å². The monoisotopic (exact) mass is 457 g/mol. The predicted octanol–water partition coefficient (Wildman–Crippen LogP) is 4.22. The molecule has 0 aliphatic carbocycles. The summed E-state index contributed by atoms with van der Waals surface area (Å²) in [6.07, 6.45) is 0. The number of nitrogens with one attached hydrogen (secondary N) is 1. The summed E-state index contributed by atoms with van der Waals surface area (Å²) in [4.78, 5) is 13.3. The van der Waals surface area contributed by atoms with Crippen LogP contribution in [-0.4, -0.2) is 36.7 Å². The molecule has 0 saturated carbocycles. The lowest BCUT2D eigenvalue weighted by Gasteiger charge is -2.09. The summed E-state index contributed by atoms with van der Waals surface area (Å²) in [7, 11) is 3.23. The topological polar surface area (TPSA) is 83.8 Å². The van der Waals surface area contributed by atoms with Crippen LogP contribution in [0.3, 0.4) is 0 Å². The van der Waals surface area contributed by atoms with Gasteiger partial charge in [-0.05, 0) is 60.2 Å². The Morgan fingerprint density at radius 1 is 0.941 bits per heavy atom. The van der Waals surface area contributed by atoms with Crippen molar-refractivity contribution in [3.05, 3.63) is 84.1 Å². The van der Waals surface area contributed by atoms with Gasteiger partial charge in [0, 0.05) is 12.1 Å². The van der Waals surface area contributed by atoms with Gasteiger partial charge in [-0.15, -0.1) is 0 Å². The van der Waals surface area contributed by atoms with Crippen molar-refractivity contribution in [1.82, 2.24) is 15.1 Å². The molecule has 0 bridgehead atoms. The zero-order valence-corrected chi connectivity index (χ0v) is 18.8. The number of fused-ring (bicyclic) bond motifs is 1. The Morgan fingerprint density at radius 2 is 1.74 bits per heavy atom. The maximum absolute atomic E-state index is 13.3. The molecule has 8 heteroatoms. The van der Waals surface area contributed by atoms with E-state index in [1.165, 1.54) is 0 Å². The van der Waals surface area contributed by atoms with Crippen molar-refractivity contribution in [2.75, 3.05) is 21.0 Å². The number of ether oxygens (including phenoxy) is 4. The molecule has 0 saturated heterocycles.